The molecule has 300 valence electrons. The van der Waals surface area contributed by atoms with E-state index < -0.39 is 117 Å². The molecule has 0 saturated carbocycles. The van der Waals surface area contributed by atoms with Crippen LogP contribution >= 0.6 is 7.52 Å². The molecule has 2 aliphatic rings. The molecule has 53 heavy (non-hydrogen) atoms. The number of aliphatic hydroxyl groups is 2. The summed E-state index contributed by atoms with van der Waals surface area (Å²) in [6, 6.07) is 0.377. The Labute approximate surface area is 306 Å². The first-order valence-electron chi connectivity index (χ1n) is 17.1. The van der Waals surface area contributed by atoms with Gasteiger partial charge in [-0.25, -0.2) is 9.46 Å². The zero-order valence-electron chi connectivity index (χ0n) is 31.1. The average Bonchev–Trinajstić information content (AvgIpc) is 3.38. The number of aliphatic hydroxyl groups excluding tert-OH is 2. The molecule has 1 aromatic heterocycles. The lowest BCUT2D eigenvalue weighted by Gasteiger charge is -2.46. The number of rotatable bonds is 17. The highest BCUT2D eigenvalue weighted by Gasteiger charge is 2.64. The lowest BCUT2D eigenvalue weighted by molar-refractivity contribution is -0.308. The van der Waals surface area contributed by atoms with Crippen molar-refractivity contribution in [2.75, 3.05) is 32.2 Å². The van der Waals surface area contributed by atoms with Crippen LogP contribution in [-0.2, 0) is 66.9 Å². The molecule has 0 radical (unpaired) electrons. The molecule has 0 spiro atoms. The number of nitrogens with zero attached hydrogens (tertiary/aromatic N) is 3. The van der Waals surface area contributed by atoms with Crippen LogP contribution in [0.2, 0.25) is 0 Å². The number of ether oxygens (including phenoxy) is 7. The minimum absolute atomic E-state index is 0.0160. The Kier molecular flexibility index (Phi) is 15.5. The van der Waals surface area contributed by atoms with Gasteiger partial charge in [-0.1, -0.05) is 0 Å². The SMILES string of the molecule is CC(=O)OC[C@H]1O[C@@H](OCCCOP(=O)(N(C(C)C)C(C)C)[C@]2(n3ccc(N)nc3=O)C[C@H](O)[C@@H](CO)O2)[C@H](OC(C)=O)[C@@H](OC(C)=O)[C@@H]1OC(C)=O. The third-order valence-electron chi connectivity index (χ3n) is 8.21. The predicted octanol–water partition coefficient (Wildman–Crippen LogP) is 0.396. The lowest BCUT2D eigenvalue weighted by Crippen LogP contribution is -2.63. The van der Waals surface area contributed by atoms with E-state index in [2.05, 4.69) is 4.98 Å². The van der Waals surface area contributed by atoms with Gasteiger partial charge in [0.05, 0.1) is 25.9 Å². The molecule has 2 saturated heterocycles. The van der Waals surface area contributed by atoms with E-state index in [9.17, 15) is 34.2 Å². The van der Waals surface area contributed by atoms with Gasteiger partial charge in [-0.05, 0) is 40.2 Å². The zero-order valence-corrected chi connectivity index (χ0v) is 32.0. The van der Waals surface area contributed by atoms with Crippen LogP contribution in [0.5, 0.6) is 0 Å². The van der Waals surface area contributed by atoms with Crippen LogP contribution in [0.4, 0.5) is 5.82 Å². The van der Waals surface area contributed by atoms with Crippen LogP contribution in [0.3, 0.4) is 0 Å². The summed E-state index contributed by atoms with van der Waals surface area (Å²) in [5.41, 5.74) is 2.65. The third kappa shape index (κ3) is 10.4. The monoisotopic (exact) mass is 778 g/mol. The summed E-state index contributed by atoms with van der Waals surface area (Å²) in [5.74, 6) is -3.21. The Morgan fingerprint density at radius 2 is 1.57 bits per heavy atom. The van der Waals surface area contributed by atoms with E-state index >= 15 is 4.57 Å². The Hall–Kier alpha value is -3.49. The first-order chi connectivity index (χ1) is 24.8. The molecular weight excluding hydrogens is 727 g/mol. The maximum absolute atomic E-state index is 15.6. The maximum atomic E-state index is 15.6. The highest BCUT2D eigenvalue weighted by molar-refractivity contribution is 7.57. The fourth-order valence-corrected chi connectivity index (χ4v) is 9.81. The number of hydrogen-bond donors (Lipinski definition) is 3. The molecule has 1 aromatic rings. The van der Waals surface area contributed by atoms with E-state index in [4.69, 9.17) is 43.4 Å². The second-order valence-electron chi connectivity index (χ2n) is 13.1. The first-order valence-corrected chi connectivity index (χ1v) is 18.6. The minimum Gasteiger partial charge on any atom is -0.463 e. The molecule has 2 aliphatic heterocycles. The Morgan fingerprint density at radius 3 is 2.08 bits per heavy atom. The lowest BCUT2D eigenvalue weighted by atomic mass is 9.98. The van der Waals surface area contributed by atoms with Crippen molar-refractivity contribution in [2.45, 2.75) is 129 Å². The molecule has 0 bridgehead atoms. The van der Waals surface area contributed by atoms with Gasteiger partial charge in [-0.2, -0.15) is 4.98 Å². The molecular formula is C32H51N4O16P. The topological polar surface area (TPSA) is 264 Å². The summed E-state index contributed by atoms with van der Waals surface area (Å²) >= 11 is 0. The zero-order chi connectivity index (χ0) is 39.8. The summed E-state index contributed by atoms with van der Waals surface area (Å²) in [6.07, 6.45) is -8.77. The maximum Gasteiger partial charge on any atom is 0.352 e. The van der Waals surface area contributed by atoms with Crippen molar-refractivity contribution >= 4 is 37.2 Å². The van der Waals surface area contributed by atoms with Crippen LogP contribution in [0.25, 0.3) is 0 Å². The minimum atomic E-state index is -4.44. The first kappa shape index (κ1) is 43.9. The van der Waals surface area contributed by atoms with E-state index in [1.807, 2.05) is 0 Å². The fourth-order valence-electron chi connectivity index (χ4n) is 6.41. The van der Waals surface area contributed by atoms with Crippen molar-refractivity contribution in [2.24, 2.45) is 0 Å². The molecule has 3 heterocycles. The smallest absolute Gasteiger partial charge is 0.352 e. The molecule has 0 aliphatic carbocycles. The van der Waals surface area contributed by atoms with E-state index in [0.717, 1.165) is 32.3 Å². The quantitative estimate of drug-likeness (QED) is 0.0836. The standard InChI is InChI=1S/C32H51N4O16P/c1-17(2)36(18(3)4)53(44,32(14-23(42)24(15-37)52-32)35-11-10-26(33)34-31(35)43)47-13-9-12-45-30-29(50-22(8)41)28(49-21(7)40)27(48-20(6)39)25(51-30)16-46-19(5)38/h10-11,17-18,23-25,27-30,37,42H,9,12-16H2,1-8H3,(H2,33,34,43)/t23-,24+,25+,27+,28-,29+,30+,32-,53?/m0/s1. The normalized spacial score (nSPS) is 28.4. The van der Waals surface area contributed by atoms with Gasteiger partial charge in [-0.15, -0.1) is 0 Å². The largest absolute Gasteiger partial charge is 0.463 e. The predicted molar refractivity (Wildman–Crippen MR) is 182 cm³/mol. The molecule has 0 aromatic carbocycles. The highest BCUT2D eigenvalue weighted by Crippen LogP contribution is 2.70. The van der Waals surface area contributed by atoms with E-state index in [-0.39, 0.29) is 25.5 Å². The van der Waals surface area contributed by atoms with Gasteiger partial charge in [0.1, 0.15) is 24.6 Å². The van der Waals surface area contributed by atoms with Gasteiger partial charge in [0, 0.05) is 52.4 Å². The summed E-state index contributed by atoms with van der Waals surface area (Å²) in [5, 5.41) is 20.9. The van der Waals surface area contributed by atoms with Gasteiger partial charge in [0.25, 0.3) is 0 Å². The van der Waals surface area contributed by atoms with Crippen LogP contribution in [0.1, 0.15) is 68.2 Å². The van der Waals surface area contributed by atoms with Crippen molar-refractivity contribution in [3.8, 4) is 0 Å². The highest BCUT2D eigenvalue weighted by atomic mass is 31.2. The summed E-state index contributed by atoms with van der Waals surface area (Å²) in [4.78, 5) is 65.0. The Balaban J connectivity index is 1.96. The molecule has 1 unspecified atom stereocenters. The summed E-state index contributed by atoms with van der Waals surface area (Å²) in [7, 11) is -4.44. The number of carbonyl (C=O) groups is 4. The van der Waals surface area contributed by atoms with E-state index in [0.29, 0.717) is 0 Å². The van der Waals surface area contributed by atoms with E-state index in [1.165, 1.54) is 16.9 Å². The molecule has 21 heteroatoms. The van der Waals surface area contributed by atoms with Crippen LogP contribution in [0.15, 0.2) is 17.1 Å². The van der Waals surface area contributed by atoms with Crippen molar-refractivity contribution in [1.82, 2.24) is 14.2 Å². The number of anilines is 1. The number of esters is 4. The van der Waals surface area contributed by atoms with Crippen LogP contribution in [-0.4, -0.2) is 130 Å². The molecule has 20 nitrogen and oxygen atoms in total. The summed E-state index contributed by atoms with van der Waals surface area (Å²) < 4.78 is 63.6. The van der Waals surface area contributed by atoms with Gasteiger partial charge < -0.3 is 53.6 Å². The molecule has 9 atom stereocenters. The molecule has 4 N–H and O–H groups in total. The van der Waals surface area contributed by atoms with E-state index in [1.54, 1.807) is 27.7 Å². The van der Waals surface area contributed by atoms with Crippen molar-refractivity contribution in [3.63, 3.8) is 0 Å². The van der Waals surface area contributed by atoms with Crippen molar-refractivity contribution < 1.29 is 71.6 Å². The van der Waals surface area contributed by atoms with Crippen LogP contribution < -0.4 is 11.4 Å². The Morgan fingerprint density at radius 1 is 0.981 bits per heavy atom. The summed E-state index contributed by atoms with van der Waals surface area (Å²) in [6.45, 7) is 9.82. The van der Waals surface area contributed by atoms with Gasteiger partial charge >= 0.3 is 37.1 Å². The van der Waals surface area contributed by atoms with Crippen molar-refractivity contribution in [1.29, 1.82) is 0 Å². The second kappa shape index (κ2) is 18.7. The molecule has 2 fully saturated rings. The fraction of sp³-hybridized carbons (Fsp3) is 0.750. The number of carbonyl (C=O) groups excluding carboxylic acids is 4. The average molecular weight is 779 g/mol. The number of hydrogen-bond acceptors (Lipinski definition) is 18. The molecule has 0 amide bonds. The molecule has 3 rings (SSSR count). The number of nitrogens with two attached hydrogens (primary N) is 1. The number of nitrogen functional groups attached to an aromatic ring is 1. The number of aromatic nitrogens is 2. The van der Waals surface area contributed by atoms with Crippen LogP contribution in [0, 0.1) is 0 Å². The van der Waals surface area contributed by atoms with Gasteiger partial charge in [0.15, 0.2) is 24.6 Å². The van der Waals surface area contributed by atoms with Crippen molar-refractivity contribution in [3.05, 3.63) is 22.7 Å². The van der Waals surface area contributed by atoms with Gasteiger partial charge in [-0.3, -0.25) is 28.3 Å². The van der Waals surface area contributed by atoms with Gasteiger partial charge in [0.2, 0.25) is 5.47 Å². The third-order valence-corrected chi connectivity index (χ3v) is 11.7. The second-order valence-corrected chi connectivity index (χ2v) is 15.5. The Bertz CT molecular complexity index is 1550.